The molecule has 3 rings (SSSR count). The molecule has 2 aromatic carbocycles. The number of unbranched alkanes of at least 4 members (excludes halogenated alkanes) is 1. The van der Waals surface area contributed by atoms with Crippen molar-refractivity contribution in [3.05, 3.63) is 77.5 Å². The molecule has 37 heavy (non-hydrogen) atoms. The smallest absolute Gasteiger partial charge is 0.245 e. The molecule has 0 fully saturated rings. The minimum absolute atomic E-state index is 0.0137. The van der Waals surface area contributed by atoms with Crippen molar-refractivity contribution in [3.8, 4) is 5.69 Å². The molecule has 0 radical (unpaired) electrons. The highest BCUT2D eigenvalue weighted by atomic mass is 16.2. The zero-order valence-electron chi connectivity index (χ0n) is 23.3. The van der Waals surface area contributed by atoms with Crippen LogP contribution in [0.15, 0.2) is 60.7 Å². The van der Waals surface area contributed by atoms with E-state index < -0.39 is 0 Å². The number of amides is 2. The lowest BCUT2D eigenvalue weighted by atomic mass is 9.92. The van der Waals surface area contributed by atoms with Gasteiger partial charge in [0.2, 0.25) is 11.8 Å². The third kappa shape index (κ3) is 7.78. The Balaban J connectivity index is 1.87. The van der Waals surface area contributed by atoms with Gasteiger partial charge < -0.3 is 10.2 Å². The fraction of sp³-hybridized carbons (Fsp3) is 0.452. The minimum Gasteiger partial charge on any atom is -0.329 e. The summed E-state index contributed by atoms with van der Waals surface area (Å²) in [5, 5.41) is 7.88. The van der Waals surface area contributed by atoms with Crippen molar-refractivity contribution in [3.63, 3.8) is 0 Å². The van der Waals surface area contributed by atoms with Crippen LogP contribution in [0.25, 0.3) is 5.69 Å². The van der Waals surface area contributed by atoms with Gasteiger partial charge in [-0.25, -0.2) is 4.68 Å². The van der Waals surface area contributed by atoms with Gasteiger partial charge in [0, 0.05) is 23.9 Å². The Morgan fingerprint density at radius 2 is 1.76 bits per heavy atom. The molecule has 6 heteroatoms. The van der Waals surface area contributed by atoms with E-state index in [1.807, 2.05) is 74.5 Å². The first-order valence-corrected chi connectivity index (χ1v) is 13.4. The van der Waals surface area contributed by atoms with E-state index in [0.29, 0.717) is 12.4 Å². The third-order valence-corrected chi connectivity index (χ3v) is 6.60. The zero-order chi connectivity index (χ0) is 27.0. The Labute approximate surface area is 222 Å². The maximum absolute atomic E-state index is 13.6. The quantitative estimate of drug-likeness (QED) is 0.319. The van der Waals surface area contributed by atoms with Crippen LogP contribution >= 0.6 is 0 Å². The third-order valence-electron chi connectivity index (χ3n) is 6.60. The Kier molecular flexibility index (Phi) is 9.67. The summed E-state index contributed by atoms with van der Waals surface area (Å²) in [5.41, 5.74) is 3.70. The number of carbonyl (C=O) groups excluding carboxylic acids is 2. The van der Waals surface area contributed by atoms with Crippen molar-refractivity contribution in [1.29, 1.82) is 0 Å². The standard InChI is InChI=1S/C31H42N4O2/c1-7-9-17-25(8-2)30(37)34(21-24-15-11-10-12-16-24)22-29(36)32-28-20-27(31(4,5)6)33-35(28)26-18-13-14-23(3)19-26/h10-16,18-20,25H,7-9,17,21-22H2,1-6H3,(H,32,36). The summed E-state index contributed by atoms with van der Waals surface area (Å²) in [6, 6.07) is 19.8. The Morgan fingerprint density at radius 1 is 1.03 bits per heavy atom. The summed E-state index contributed by atoms with van der Waals surface area (Å²) in [4.78, 5) is 28.7. The molecule has 0 aliphatic carbocycles. The van der Waals surface area contributed by atoms with Gasteiger partial charge in [0.1, 0.15) is 12.4 Å². The molecule has 0 spiro atoms. The van der Waals surface area contributed by atoms with Crippen molar-refractivity contribution in [2.75, 3.05) is 11.9 Å². The fourth-order valence-corrected chi connectivity index (χ4v) is 4.38. The molecule has 0 aliphatic rings. The largest absolute Gasteiger partial charge is 0.329 e. The second-order valence-corrected chi connectivity index (χ2v) is 10.9. The van der Waals surface area contributed by atoms with E-state index in [0.717, 1.165) is 48.2 Å². The van der Waals surface area contributed by atoms with Crippen molar-refractivity contribution >= 4 is 17.6 Å². The number of hydrogen-bond acceptors (Lipinski definition) is 3. The molecule has 3 aromatic rings. The fourth-order valence-electron chi connectivity index (χ4n) is 4.38. The number of rotatable bonds is 11. The highest BCUT2D eigenvalue weighted by Crippen LogP contribution is 2.27. The SMILES string of the molecule is CCCCC(CC)C(=O)N(CC(=O)Nc1cc(C(C)(C)C)nn1-c1cccc(C)c1)Cc1ccccc1. The van der Waals surface area contributed by atoms with Gasteiger partial charge in [-0.1, -0.05) is 89.9 Å². The second kappa shape index (κ2) is 12.7. The molecule has 198 valence electrons. The van der Waals surface area contributed by atoms with E-state index in [-0.39, 0.29) is 29.7 Å². The molecule has 1 N–H and O–H groups in total. The number of aromatic nitrogens is 2. The van der Waals surface area contributed by atoms with E-state index in [1.54, 1.807) is 9.58 Å². The zero-order valence-corrected chi connectivity index (χ0v) is 23.3. The molecule has 0 saturated carbocycles. The van der Waals surface area contributed by atoms with Crippen LogP contribution in [0.2, 0.25) is 0 Å². The number of benzene rings is 2. The van der Waals surface area contributed by atoms with Gasteiger partial charge in [-0.2, -0.15) is 5.10 Å². The van der Waals surface area contributed by atoms with Crippen LogP contribution in [0.3, 0.4) is 0 Å². The molecule has 0 saturated heterocycles. The van der Waals surface area contributed by atoms with Gasteiger partial charge in [0.15, 0.2) is 0 Å². The van der Waals surface area contributed by atoms with E-state index >= 15 is 0 Å². The Bertz CT molecular complexity index is 1180. The van der Waals surface area contributed by atoms with Crippen LogP contribution in [-0.2, 0) is 21.5 Å². The van der Waals surface area contributed by atoms with E-state index in [9.17, 15) is 9.59 Å². The molecule has 1 heterocycles. The first-order chi connectivity index (χ1) is 17.6. The van der Waals surface area contributed by atoms with Crippen molar-refractivity contribution < 1.29 is 9.59 Å². The molecular formula is C31H42N4O2. The number of carbonyl (C=O) groups is 2. The summed E-state index contributed by atoms with van der Waals surface area (Å²) >= 11 is 0. The van der Waals surface area contributed by atoms with Crippen molar-refractivity contribution in [1.82, 2.24) is 14.7 Å². The van der Waals surface area contributed by atoms with Crippen LogP contribution in [0, 0.1) is 12.8 Å². The van der Waals surface area contributed by atoms with Gasteiger partial charge in [-0.15, -0.1) is 0 Å². The predicted molar refractivity (Wildman–Crippen MR) is 151 cm³/mol. The summed E-state index contributed by atoms with van der Waals surface area (Å²) < 4.78 is 1.78. The van der Waals surface area contributed by atoms with Crippen LogP contribution < -0.4 is 5.32 Å². The van der Waals surface area contributed by atoms with Crippen LogP contribution in [0.1, 0.15) is 77.1 Å². The number of aryl methyl sites for hydroxylation is 1. The monoisotopic (exact) mass is 502 g/mol. The summed E-state index contributed by atoms with van der Waals surface area (Å²) in [7, 11) is 0. The maximum Gasteiger partial charge on any atom is 0.245 e. The second-order valence-electron chi connectivity index (χ2n) is 10.9. The molecule has 1 unspecified atom stereocenters. The van der Waals surface area contributed by atoms with Crippen molar-refractivity contribution in [2.45, 2.75) is 79.2 Å². The van der Waals surface area contributed by atoms with Gasteiger partial charge >= 0.3 is 0 Å². The van der Waals surface area contributed by atoms with Gasteiger partial charge in [-0.05, 0) is 43.0 Å². The first kappa shape index (κ1) is 28.2. The number of hydrogen-bond donors (Lipinski definition) is 1. The lowest BCUT2D eigenvalue weighted by Gasteiger charge is -2.27. The predicted octanol–water partition coefficient (Wildman–Crippen LogP) is 6.66. The Hall–Kier alpha value is -3.41. The summed E-state index contributed by atoms with van der Waals surface area (Å²) in [6.45, 7) is 12.9. The molecule has 2 amide bonds. The van der Waals surface area contributed by atoms with Crippen LogP contribution in [0.5, 0.6) is 0 Å². The summed E-state index contributed by atoms with van der Waals surface area (Å²) in [6.07, 6.45) is 3.65. The van der Waals surface area contributed by atoms with Crippen LogP contribution in [-0.4, -0.2) is 33.0 Å². The highest BCUT2D eigenvalue weighted by Gasteiger charge is 2.26. The number of anilines is 1. The Morgan fingerprint density at radius 3 is 2.38 bits per heavy atom. The van der Waals surface area contributed by atoms with E-state index in [2.05, 4.69) is 33.0 Å². The molecule has 1 aromatic heterocycles. The number of nitrogens with one attached hydrogen (secondary N) is 1. The van der Waals surface area contributed by atoms with Crippen LogP contribution in [0.4, 0.5) is 5.82 Å². The molecular weight excluding hydrogens is 460 g/mol. The lowest BCUT2D eigenvalue weighted by molar-refractivity contribution is -0.139. The van der Waals surface area contributed by atoms with Gasteiger partial charge in [0.25, 0.3) is 0 Å². The van der Waals surface area contributed by atoms with Gasteiger partial charge in [0.05, 0.1) is 11.4 Å². The number of nitrogens with zero attached hydrogens (tertiary/aromatic N) is 3. The average Bonchev–Trinajstić information content (AvgIpc) is 3.29. The van der Waals surface area contributed by atoms with Gasteiger partial charge in [-0.3, -0.25) is 9.59 Å². The molecule has 0 aliphatic heterocycles. The minimum atomic E-state index is -0.233. The molecule has 0 bridgehead atoms. The maximum atomic E-state index is 13.6. The van der Waals surface area contributed by atoms with E-state index in [4.69, 9.17) is 5.10 Å². The topological polar surface area (TPSA) is 67.2 Å². The van der Waals surface area contributed by atoms with Crippen molar-refractivity contribution in [2.24, 2.45) is 5.92 Å². The van der Waals surface area contributed by atoms with E-state index in [1.165, 1.54) is 0 Å². The normalized spacial score (nSPS) is 12.3. The first-order valence-electron chi connectivity index (χ1n) is 13.4. The summed E-state index contributed by atoms with van der Waals surface area (Å²) in [5.74, 6) is 0.328. The highest BCUT2D eigenvalue weighted by molar-refractivity contribution is 5.94. The molecule has 1 atom stereocenters. The molecule has 6 nitrogen and oxygen atoms in total. The average molecular weight is 503 g/mol. The lowest BCUT2D eigenvalue weighted by Crippen LogP contribution is -2.41.